The van der Waals surface area contributed by atoms with Crippen LogP contribution in [0.25, 0.3) is 0 Å². The molecule has 4 heteroatoms. The zero-order valence-corrected chi connectivity index (χ0v) is 5.84. The molecule has 0 rings (SSSR count). The van der Waals surface area contributed by atoms with E-state index in [-0.39, 0.29) is 5.76 Å². The second kappa shape index (κ2) is 3.66. The number of allylic oxidation sites excluding steroid dienone is 1. The van der Waals surface area contributed by atoms with Gasteiger partial charge >= 0.3 is 0 Å². The molecule has 10 heavy (non-hydrogen) atoms. The Balaban J connectivity index is 3.88. The van der Waals surface area contributed by atoms with Gasteiger partial charge < -0.3 is 5.11 Å². The summed E-state index contributed by atoms with van der Waals surface area (Å²) < 4.78 is 0. The molecule has 0 aliphatic carbocycles. The molecular formula is C6H9NO3. The molecule has 2 amide bonds. The fraction of sp³-hybridized carbons (Fsp3) is 0.333. The summed E-state index contributed by atoms with van der Waals surface area (Å²) in [6.07, 6.45) is 0.932. The minimum absolute atomic E-state index is 0.126. The van der Waals surface area contributed by atoms with Crippen LogP contribution in [-0.4, -0.2) is 16.9 Å². The van der Waals surface area contributed by atoms with Crippen LogP contribution in [0.5, 0.6) is 0 Å². The van der Waals surface area contributed by atoms with Crippen molar-refractivity contribution in [2.45, 2.75) is 13.8 Å². The Hall–Kier alpha value is -1.32. The summed E-state index contributed by atoms with van der Waals surface area (Å²) in [5.41, 5.74) is 0. The second-order valence-electron chi connectivity index (χ2n) is 1.83. The number of carbonyl (C=O) groups excluding carboxylic acids is 2. The molecule has 4 nitrogen and oxygen atoms in total. The van der Waals surface area contributed by atoms with Crippen molar-refractivity contribution in [3.8, 4) is 0 Å². The Morgan fingerprint density at radius 2 is 1.90 bits per heavy atom. The second-order valence-corrected chi connectivity index (χ2v) is 1.83. The minimum atomic E-state index is -0.604. The zero-order valence-electron chi connectivity index (χ0n) is 5.84. The van der Waals surface area contributed by atoms with E-state index < -0.39 is 11.8 Å². The maximum absolute atomic E-state index is 10.5. The number of hydrogen-bond acceptors (Lipinski definition) is 3. The number of carbonyl (C=O) groups is 2. The largest absolute Gasteiger partial charge is 0.512 e. The summed E-state index contributed by atoms with van der Waals surface area (Å²) in [4.78, 5) is 20.7. The van der Waals surface area contributed by atoms with Crippen LogP contribution >= 0.6 is 0 Å². The van der Waals surface area contributed by atoms with Crippen LogP contribution in [0.15, 0.2) is 11.8 Å². The van der Waals surface area contributed by atoms with E-state index in [2.05, 4.69) is 0 Å². The first-order chi connectivity index (χ1) is 4.52. The smallest absolute Gasteiger partial charge is 0.253 e. The van der Waals surface area contributed by atoms with E-state index in [1.54, 1.807) is 0 Å². The fourth-order valence-electron chi connectivity index (χ4n) is 0.399. The number of aliphatic hydroxyl groups is 1. The van der Waals surface area contributed by atoms with Crippen molar-refractivity contribution in [1.82, 2.24) is 5.32 Å². The first-order valence-corrected chi connectivity index (χ1v) is 2.71. The Morgan fingerprint density at radius 3 is 2.20 bits per heavy atom. The number of hydrogen-bond donors (Lipinski definition) is 2. The molecular weight excluding hydrogens is 134 g/mol. The normalized spacial score (nSPS) is 10.8. The maximum atomic E-state index is 10.5. The number of nitrogens with one attached hydrogen (secondary N) is 1. The van der Waals surface area contributed by atoms with E-state index in [0.29, 0.717) is 0 Å². The summed E-state index contributed by atoms with van der Waals surface area (Å²) >= 11 is 0. The lowest BCUT2D eigenvalue weighted by molar-refractivity contribution is -0.126. The highest BCUT2D eigenvalue weighted by atomic mass is 16.3. The number of rotatable bonds is 1. The third-order valence-electron chi connectivity index (χ3n) is 0.639. The molecule has 0 saturated heterocycles. The zero-order chi connectivity index (χ0) is 8.15. The van der Waals surface area contributed by atoms with Crippen molar-refractivity contribution in [3.05, 3.63) is 11.8 Å². The van der Waals surface area contributed by atoms with Gasteiger partial charge in [0.2, 0.25) is 5.91 Å². The number of imide groups is 1. The van der Waals surface area contributed by atoms with Gasteiger partial charge in [0, 0.05) is 13.0 Å². The van der Waals surface area contributed by atoms with Gasteiger partial charge in [0.05, 0.1) is 5.76 Å². The number of amides is 2. The van der Waals surface area contributed by atoms with Crippen LogP contribution < -0.4 is 5.32 Å². The lowest BCUT2D eigenvalue weighted by atomic mass is 10.4. The summed E-state index contributed by atoms with van der Waals surface area (Å²) in [5, 5.41) is 10.5. The predicted molar refractivity (Wildman–Crippen MR) is 35.2 cm³/mol. The van der Waals surface area contributed by atoms with Gasteiger partial charge in [0.25, 0.3) is 5.91 Å². The van der Waals surface area contributed by atoms with Gasteiger partial charge in [-0.15, -0.1) is 0 Å². The molecule has 0 bridgehead atoms. The molecule has 2 N–H and O–H groups in total. The number of aliphatic hydroxyl groups excluding tert-OH is 1. The SMILES string of the molecule is CC(=O)NC(=O)/C=C(/C)O. The van der Waals surface area contributed by atoms with E-state index in [4.69, 9.17) is 5.11 Å². The average molecular weight is 143 g/mol. The highest BCUT2D eigenvalue weighted by Crippen LogP contribution is 1.82. The molecule has 0 heterocycles. The monoisotopic (exact) mass is 143 g/mol. The molecule has 0 aliphatic rings. The molecule has 0 aromatic rings. The van der Waals surface area contributed by atoms with Crippen LogP contribution in [0.4, 0.5) is 0 Å². The van der Waals surface area contributed by atoms with Crippen LogP contribution in [-0.2, 0) is 9.59 Å². The van der Waals surface area contributed by atoms with Gasteiger partial charge in [-0.3, -0.25) is 14.9 Å². The van der Waals surface area contributed by atoms with Crippen LogP contribution in [0, 0.1) is 0 Å². The molecule has 0 aromatic carbocycles. The van der Waals surface area contributed by atoms with Crippen molar-refractivity contribution in [2.24, 2.45) is 0 Å². The van der Waals surface area contributed by atoms with E-state index in [9.17, 15) is 9.59 Å². The van der Waals surface area contributed by atoms with Crippen molar-refractivity contribution in [2.75, 3.05) is 0 Å². The maximum Gasteiger partial charge on any atom is 0.253 e. The lowest BCUT2D eigenvalue weighted by Crippen LogP contribution is -2.26. The van der Waals surface area contributed by atoms with Crippen LogP contribution in [0.1, 0.15) is 13.8 Å². The molecule has 0 radical (unpaired) electrons. The standard InChI is InChI=1S/C6H9NO3/c1-4(8)3-6(10)7-5(2)9/h3,8H,1-2H3,(H,7,9,10)/b4-3-. The van der Waals surface area contributed by atoms with Gasteiger partial charge in [-0.05, 0) is 6.92 Å². The van der Waals surface area contributed by atoms with Gasteiger partial charge in [-0.2, -0.15) is 0 Å². The molecule has 0 atom stereocenters. The summed E-state index contributed by atoms with van der Waals surface area (Å²) in [5.74, 6) is -1.17. The topological polar surface area (TPSA) is 66.4 Å². The third-order valence-corrected chi connectivity index (χ3v) is 0.639. The van der Waals surface area contributed by atoms with Crippen molar-refractivity contribution in [1.29, 1.82) is 0 Å². The average Bonchev–Trinajstić information content (AvgIpc) is 1.58. The lowest BCUT2D eigenvalue weighted by Gasteiger charge is -1.93. The first kappa shape index (κ1) is 8.68. The molecule has 0 saturated carbocycles. The van der Waals surface area contributed by atoms with E-state index in [1.165, 1.54) is 13.8 Å². The molecule has 0 aromatic heterocycles. The highest BCUT2D eigenvalue weighted by molar-refractivity contribution is 6.00. The fourth-order valence-corrected chi connectivity index (χ4v) is 0.399. The van der Waals surface area contributed by atoms with E-state index in [1.807, 2.05) is 5.32 Å². The minimum Gasteiger partial charge on any atom is -0.512 e. The molecule has 0 aliphatic heterocycles. The van der Waals surface area contributed by atoms with Crippen molar-refractivity contribution >= 4 is 11.8 Å². The molecule has 0 spiro atoms. The molecule has 0 fully saturated rings. The van der Waals surface area contributed by atoms with Crippen LogP contribution in [0.3, 0.4) is 0 Å². The predicted octanol–water partition coefficient (Wildman–Crippen LogP) is 0.111. The summed E-state index contributed by atoms with van der Waals surface area (Å²) in [6, 6.07) is 0. The Labute approximate surface area is 58.5 Å². The van der Waals surface area contributed by atoms with Gasteiger partial charge in [-0.1, -0.05) is 0 Å². The Kier molecular flexibility index (Phi) is 3.17. The van der Waals surface area contributed by atoms with Crippen molar-refractivity contribution in [3.63, 3.8) is 0 Å². The highest BCUT2D eigenvalue weighted by Gasteiger charge is 1.97. The summed E-state index contributed by atoms with van der Waals surface area (Å²) in [6.45, 7) is 2.57. The Morgan fingerprint density at radius 1 is 1.40 bits per heavy atom. The van der Waals surface area contributed by atoms with E-state index >= 15 is 0 Å². The van der Waals surface area contributed by atoms with Crippen LogP contribution in [0.2, 0.25) is 0 Å². The quantitative estimate of drug-likeness (QED) is 0.404. The van der Waals surface area contributed by atoms with Crippen molar-refractivity contribution < 1.29 is 14.7 Å². The van der Waals surface area contributed by atoms with Gasteiger partial charge in [0.15, 0.2) is 0 Å². The summed E-state index contributed by atoms with van der Waals surface area (Å²) in [7, 11) is 0. The Bertz CT molecular complexity index is 179. The van der Waals surface area contributed by atoms with Gasteiger partial charge in [-0.25, -0.2) is 0 Å². The third kappa shape index (κ3) is 4.83. The molecule has 0 unspecified atom stereocenters. The first-order valence-electron chi connectivity index (χ1n) is 2.71. The van der Waals surface area contributed by atoms with E-state index in [0.717, 1.165) is 6.08 Å². The molecule has 56 valence electrons. The van der Waals surface area contributed by atoms with Gasteiger partial charge in [0.1, 0.15) is 0 Å².